The third-order valence-corrected chi connectivity index (χ3v) is 4.62. The van der Waals surface area contributed by atoms with Crippen molar-refractivity contribution < 1.29 is 9.53 Å². The second-order valence-electron chi connectivity index (χ2n) is 7.19. The molecule has 0 saturated carbocycles. The maximum absolute atomic E-state index is 12.1. The summed E-state index contributed by atoms with van der Waals surface area (Å²) in [6.45, 7) is 11.4. The topological polar surface area (TPSA) is 41.6 Å². The largest absolute Gasteiger partial charge is 0.484 e. The number of benzene rings is 1. The lowest BCUT2D eigenvalue weighted by molar-refractivity contribution is -0.123. The van der Waals surface area contributed by atoms with Crippen molar-refractivity contribution in [3.05, 3.63) is 29.3 Å². The van der Waals surface area contributed by atoms with Crippen LogP contribution in [0.4, 0.5) is 0 Å². The molecule has 1 heterocycles. The molecule has 1 aromatic carbocycles. The molecule has 1 fully saturated rings. The summed E-state index contributed by atoms with van der Waals surface area (Å²) in [7, 11) is 0. The summed E-state index contributed by atoms with van der Waals surface area (Å²) in [5.41, 5.74) is 2.25. The van der Waals surface area contributed by atoms with Crippen LogP contribution in [0.25, 0.3) is 0 Å². The number of amides is 1. The third kappa shape index (κ3) is 5.24. The van der Waals surface area contributed by atoms with Gasteiger partial charge >= 0.3 is 0 Å². The molecule has 4 nitrogen and oxygen atoms in total. The molecule has 0 aliphatic carbocycles. The Kier molecular flexibility index (Phi) is 6.05. The Labute approximate surface area is 140 Å². The van der Waals surface area contributed by atoms with E-state index in [4.69, 9.17) is 4.74 Å². The van der Waals surface area contributed by atoms with E-state index in [0.29, 0.717) is 6.54 Å². The number of hydrogen-bond donors (Lipinski definition) is 1. The second kappa shape index (κ2) is 7.82. The lowest BCUT2D eigenvalue weighted by Gasteiger charge is -2.41. The predicted molar refractivity (Wildman–Crippen MR) is 93.9 cm³/mol. The van der Waals surface area contributed by atoms with Gasteiger partial charge in [-0.25, -0.2) is 0 Å². The van der Waals surface area contributed by atoms with Gasteiger partial charge in [0.25, 0.3) is 5.91 Å². The summed E-state index contributed by atoms with van der Waals surface area (Å²) >= 11 is 0. The number of piperidine rings is 1. The number of aryl methyl sites for hydroxylation is 2. The van der Waals surface area contributed by atoms with Crippen molar-refractivity contribution >= 4 is 5.91 Å². The van der Waals surface area contributed by atoms with Crippen molar-refractivity contribution in [2.75, 3.05) is 26.2 Å². The summed E-state index contributed by atoms with van der Waals surface area (Å²) in [6.07, 6.45) is 3.84. The zero-order valence-electron chi connectivity index (χ0n) is 14.9. The van der Waals surface area contributed by atoms with Crippen LogP contribution in [0.2, 0.25) is 0 Å². The summed E-state index contributed by atoms with van der Waals surface area (Å²) in [4.78, 5) is 14.5. The highest BCUT2D eigenvalue weighted by atomic mass is 16.5. The first kappa shape index (κ1) is 17.8. The third-order valence-electron chi connectivity index (χ3n) is 4.62. The van der Waals surface area contributed by atoms with E-state index in [1.54, 1.807) is 0 Å². The van der Waals surface area contributed by atoms with Crippen molar-refractivity contribution in [3.63, 3.8) is 0 Å². The lowest BCUT2D eigenvalue weighted by Crippen LogP contribution is -2.53. The molecule has 0 aromatic heterocycles. The summed E-state index contributed by atoms with van der Waals surface area (Å²) in [6, 6.07) is 5.99. The number of nitrogens with one attached hydrogen (secondary N) is 1. The van der Waals surface area contributed by atoms with Gasteiger partial charge in [0.15, 0.2) is 6.61 Å². The predicted octanol–water partition coefficient (Wildman–Crippen LogP) is 3.06. The highest BCUT2D eigenvalue weighted by Gasteiger charge is 2.28. The standard InChI is InChI=1S/C19H30N2O2/c1-15-8-9-17(16(2)12-15)23-13-18(22)20-14-19(3,4)21-10-6-5-7-11-21/h8-9,12H,5-7,10-11,13-14H2,1-4H3,(H,20,22). The van der Waals surface area contributed by atoms with Crippen molar-refractivity contribution in [2.45, 2.75) is 52.5 Å². The summed E-state index contributed by atoms with van der Waals surface area (Å²) in [5.74, 6) is 0.719. The van der Waals surface area contributed by atoms with Crippen LogP contribution in [0.1, 0.15) is 44.2 Å². The molecule has 1 aliphatic heterocycles. The fourth-order valence-electron chi connectivity index (χ4n) is 3.08. The zero-order chi connectivity index (χ0) is 16.9. The quantitative estimate of drug-likeness (QED) is 0.876. The maximum atomic E-state index is 12.1. The number of rotatable bonds is 6. The first-order valence-corrected chi connectivity index (χ1v) is 8.60. The van der Waals surface area contributed by atoms with Gasteiger partial charge in [0, 0.05) is 12.1 Å². The molecule has 2 rings (SSSR count). The smallest absolute Gasteiger partial charge is 0.258 e. The summed E-state index contributed by atoms with van der Waals surface area (Å²) < 4.78 is 5.64. The van der Waals surface area contributed by atoms with Crippen LogP contribution in [-0.4, -0.2) is 42.6 Å². The van der Waals surface area contributed by atoms with Gasteiger partial charge in [-0.05, 0) is 65.3 Å². The minimum absolute atomic E-state index is 0.00411. The van der Waals surface area contributed by atoms with Crippen LogP contribution in [0, 0.1) is 13.8 Å². The van der Waals surface area contributed by atoms with Gasteiger partial charge in [-0.3, -0.25) is 9.69 Å². The van der Waals surface area contributed by atoms with E-state index >= 15 is 0 Å². The summed E-state index contributed by atoms with van der Waals surface area (Å²) in [5, 5.41) is 3.02. The number of nitrogens with zero attached hydrogens (tertiary/aromatic N) is 1. The van der Waals surface area contributed by atoms with E-state index < -0.39 is 0 Å². The number of hydrogen-bond acceptors (Lipinski definition) is 3. The monoisotopic (exact) mass is 318 g/mol. The van der Waals surface area contributed by atoms with Crippen LogP contribution in [0.15, 0.2) is 18.2 Å². The Morgan fingerprint density at radius 2 is 1.91 bits per heavy atom. The molecule has 0 radical (unpaired) electrons. The van der Waals surface area contributed by atoms with E-state index in [-0.39, 0.29) is 18.1 Å². The van der Waals surface area contributed by atoms with Gasteiger partial charge < -0.3 is 10.1 Å². The van der Waals surface area contributed by atoms with Gasteiger partial charge in [0.05, 0.1) is 0 Å². The minimum atomic E-state index is -0.0601. The molecule has 0 unspecified atom stereocenters. The first-order chi connectivity index (χ1) is 10.9. The minimum Gasteiger partial charge on any atom is -0.484 e. The van der Waals surface area contributed by atoms with E-state index in [1.807, 2.05) is 26.0 Å². The lowest BCUT2D eigenvalue weighted by atomic mass is 9.98. The molecule has 1 aromatic rings. The number of ether oxygens (including phenoxy) is 1. The van der Waals surface area contributed by atoms with Gasteiger partial charge in [0.1, 0.15) is 5.75 Å². The van der Waals surface area contributed by atoms with E-state index in [2.05, 4.69) is 30.1 Å². The van der Waals surface area contributed by atoms with Crippen molar-refractivity contribution in [1.29, 1.82) is 0 Å². The number of carbonyl (C=O) groups excluding carboxylic acids is 1. The normalized spacial score (nSPS) is 16.2. The molecule has 1 N–H and O–H groups in total. The molecular weight excluding hydrogens is 288 g/mol. The van der Waals surface area contributed by atoms with E-state index in [1.165, 1.54) is 24.8 Å². The molecule has 1 saturated heterocycles. The molecule has 128 valence electrons. The molecule has 0 spiro atoms. The Morgan fingerprint density at radius 1 is 1.22 bits per heavy atom. The number of likely N-dealkylation sites (tertiary alicyclic amines) is 1. The highest BCUT2D eigenvalue weighted by molar-refractivity contribution is 5.77. The molecule has 1 amide bonds. The number of carbonyl (C=O) groups is 1. The van der Waals surface area contributed by atoms with E-state index in [0.717, 1.165) is 24.4 Å². The molecule has 0 bridgehead atoms. The van der Waals surface area contributed by atoms with Gasteiger partial charge in [-0.15, -0.1) is 0 Å². The fourth-order valence-corrected chi connectivity index (χ4v) is 3.08. The Balaban J connectivity index is 1.78. The SMILES string of the molecule is Cc1ccc(OCC(=O)NCC(C)(C)N2CCCCC2)c(C)c1. The van der Waals surface area contributed by atoms with Gasteiger partial charge in [-0.2, -0.15) is 0 Å². The van der Waals surface area contributed by atoms with E-state index in [9.17, 15) is 4.79 Å². The average Bonchev–Trinajstić information content (AvgIpc) is 2.53. The second-order valence-corrected chi connectivity index (χ2v) is 7.19. The van der Waals surface area contributed by atoms with Crippen LogP contribution in [-0.2, 0) is 4.79 Å². The van der Waals surface area contributed by atoms with Crippen LogP contribution in [0.5, 0.6) is 5.75 Å². The van der Waals surface area contributed by atoms with Crippen molar-refractivity contribution in [1.82, 2.24) is 10.2 Å². The highest BCUT2D eigenvalue weighted by Crippen LogP contribution is 2.20. The van der Waals surface area contributed by atoms with Crippen molar-refractivity contribution in [2.24, 2.45) is 0 Å². The molecule has 1 aliphatic rings. The Hall–Kier alpha value is -1.55. The van der Waals surface area contributed by atoms with Crippen molar-refractivity contribution in [3.8, 4) is 5.75 Å². The van der Waals surface area contributed by atoms with Crippen LogP contribution >= 0.6 is 0 Å². The average molecular weight is 318 g/mol. The Bertz CT molecular complexity index is 534. The fraction of sp³-hybridized carbons (Fsp3) is 0.632. The van der Waals surface area contributed by atoms with Crippen LogP contribution in [0.3, 0.4) is 0 Å². The molecular formula is C19H30N2O2. The molecule has 4 heteroatoms. The molecule has 0 atom stereocenters. The maximum Gasteiger partial charge on any atom is 0.258 e. The molecule has 23 heavy (non-hydrogen) atoms. The first-order valence-electron chi connectivity index (χ1n) is 8.60. The van der Waals surface area contributed by atoms with Gasteiger partial charge in [-0.1, -0.05) is 24.1 Å². The zero-order valence-corrected chi connectivity index (χ0v) is 14.9. The van der Waals surface area contributed by atoms with Gasteiger partial charge in [0.2, 0.25) is 0 Å². The Morgan fingerprint density at radius 3 is 2.57 bits per heavy atom. The van der Waals surface area contributed by atoms with Crippen LogP contribution < -0.4 is 10.1 Å².